The average Bonchev–Trinajstić information content (AvgIpc) is 3.09. The predicted molar refractivity (Wildman–Crippen MR) is 94.5 cm³/mol. The normalized spacial score (nSPS) is 16.7. The Morgan fingerprint density at radius 2 is 2.21 bits per heavy atom. The molecule has 24 heavy (non-hydrogen) atoms. The lowest BCUT2D eigenvalue weighted by molar-refractivity contribution is -0.116. The fourth-order valence-corrected chi connectivity index (χ4v) is 3.00. The first-order valence-corrected chi connectivity index (χ1v) is 7.89. The van der Waals surface area contributed by atoms with Crippen molar-refractivity contribution in [2.24, 2.45) is 0 Å². The minimum atomic E-state index is -0.409. The molecule has 1 aromatic carbocycles. The standard InChI is InChI=1S/C17H21FN4O.ClH/c1-11-8-12(2)22(21-11)16-6-5-14(9-15(16)18)20-17(23)10-13-4-3-7-19-13;/h5-6,8-9,13,19H,3-4,7,10H2,1-2H3,(H,20,23);1H. The molecule has 1 amide bonds. The highest BCUT2D eigenvalue weighted by molar-refractivity contribution is 5.91. The molecule has 0 aliphatic carbocycles. The SMILES string of the molecule is Cc1cc(C)n(-c2ccc(NC(=O)CC3CCCN3)cc2F)n1.Cl. The monoisotopic (exact) mass is 352 g/mol. The van der Waals surface area contributed by atoms with Crippen molar-refractivity contribution in [3.8, 4) is 5.69 Å². The fraction of sp³-hybridized carbons (Fsp3) is 0.412. The molecule has 1 aliphatic rings. The number of benzene rings is 1. The molecule has 1 fully saturated rings. The van der Waals surface area contributed by atoms with Gasteiger partial charge < -0.3 is 10.6 Å². The van der Waals surface area contributed by atoms with Crippen LogP contribution in [-0.4, -0.2) is 28.3 Å². The molecule has 7 heteroatoms. The van der Waals surface area contributed by atoms with Gasteiger partial charge in [-0.15, -0.1) is 12.4 Å². The number of carbonyl (C=O) groups excluding carboxylic acids is 1. The molecule has 5 nitrogen and oxygen atoms in total. The van der Waals surface area contributed by atoms with Crippen LogP contribution in [0.5, 0.6) is 0 Å². The summed E-state index contributed by atoms with van der Waals surface area (Å²) in [5.74, 6) is -0.504. The van der Waals surface area contributed by atoms with E-state index in [-0.39, 0.29) is 24.4 Å². The number of hydrogen-bond donors (Lipinski definition) is 2. The number of aryl methyl sites for hydroxylation is 2. The van der Waals surface area contributed by atoms with Crippen molar-refractivity contribution in [1.29, 1.82) is 0 Å². The minimum absolute atomic E-state index is 0. The molecular formula is C17H22ClFN4O. The number of carbonyl (C=O) groups is 1. The highest BCUT2D eigenvalue weighted by Gasteiger charge is 2.18. The van der Waals surface area contributed by atoms with Crippen molar-refractivity contribution in [3.05, 3.63) is 41.5 Å². The number of rotatable bonds is 4. The van der Waals surface area contributed by atoms with Gasteiger partial charge in [-0.2, -0.15) is 5.10 Å². The van der Waals surface area contributed by atoms with E-state index in [4.69, 9.17) is 0 Å². The first-order chi connectivity index (χ1) is 11.0. The summed E-state index contributed by atoms with van der Waals surface area (Å²) in [6, 6.07) is 6.80. The van der Waals surface area contributed by atoms with Crippen LogP contribution in [0.25, 0.3) is 5.69 Å². The van der Waals surface area contributed by atoms with Crippen molar-refractivity contribution in [3.63, 3.8) is 0 Å². The van der Waals surface area contributed by atoms with Gasteiger partial charge in [0.2, 0.25) is 5.91 Å². The number of halogens is 2. The molecule has 1 atom stereocenters. The molecule has 0 radical (unpaired) electrons. The summed E-state index contributed by atoms with van der Waals surface area (Å²) in [7, 11) is 0. The molecule has 1 aromatic heterocycles. The van der Waals surface area contributed by atoms with E-state index in [0.29, 0.717) is 17.8 Å². The van der Waals surface area contributed by atoms with Crippen LogP contribution in [0.3, 0.4) is 0 Å². The summed E-state index contributed by atoms with van der Waals surface area (Å²) in [5.41, 5.74) is 2.55. The Bertz CT molecular complexity index is 725. The lowest BCUT2D eigenvalue weighted by Crippen LogP contribution is -2.27. The topological polar surface area (TPSA) is 59.0 Å². The Kier molecular flexibility index (Phi) is 5.96. The summed E-state index contributed by atoms with van der Waals surface area (Å²) in [6.45, 7) is 4.71. The first kappa shape index (κ1) is 18.4. The zero-order valence-corrected chi connectivity index (χ0v) is 14.6. The maximum atomic E-state index is 14.4. The van der Waals surface area contributed by atoms with Gasteiger partial charge >= 0.3 is 0 Å². The molecule has 0 spiro atoms. The lowest BCUT2D eigenvalue weighted by atomic mass is 10.1. The summed E-state index contributed by atoms with van der Waals surface area (Å²) in [6.07, 6.45) is 2.53. The summed E-state index contributed by atoms with van der Waals surface area (Å²) in [4.78, 5) is 12.0. The van der Waals surface area contributed by atoms with Gasteiger partial charge in [0, 0.05) is 23.8 Å². The predicted octanol–water partition coefficient (Wildman–Crippen LogP) is 3.13. The lowest BCUT2D eigenvalue weighted by Gasteiger charge is -2.12. The summed E-state index contributed by atoms with van der Waals surface area (Å²) < 4.78 is 15.9. The number of hydrogen-bond acceptors (Lipinski definition) is 3. The van der Waals surface area contributed by atoms with Crippen LogP contribution in [0, 0.1) is 19.7 Å². The zero-order valence-electron chi connectivity index (χ0n) is 13.8. The quantitative estimate of drug-likeness (QED) is 0.888. The van der Waals surface area contributed by atoms with Crippen molar-refractivity contribution < 1.29 is 9.18 Å². The van der Waals surface area contributed by atoms with E-state index in [1.54, 1.807) is 16.8 Å². The summed E-state index contributed by atoms with van der Waals surface area (Å²) in [5, 5.41) is 10.3. The van der Waals surface area contributed by atoms with Gasteiger partial charge in [-0.3, -0.25) is 4.79 Å². The van der Waals surface area contributed by atoms with Crippen LogP contribution in [0.2, 0.25) is 0 Å². The molecule has 2 heterocycles. The van der Waals surface area contributed by atoms with Crippen molar-refractivity contribution in [2.45, 2.75) is 39.2 Å². The van der Waals surface area contributed by atoms with Crippen LogP contribution in [0.4, 0.5) is 10.1 Å². The third-order valence-corrected chi connectivity index (χ3v) is 4.06. The van der Waals surface area contributed by atoms with E-state index in [1.807, 2.05) is 19.9 Å². The number of amides is 1. The molecule has 130 valence electrons. The second-order valence-corrected chi connectivity index (χ2v) is 6.05. The third-order valence-electron chi connectivity index (χ3n) is 4.06. The maximum absolute atomic E-state index is 14.4. The van der Waals surface area contributed by atoms with Gasteiger partial charge in [-0.05, 0) is 57.5 Å². The van der Waals surface area contributed by atoms with Crippen molar-refractivity contribution in [1.82, 2.24) is 15.1 Å². The van der Waals surface area contributed by atoms with E-state index in [9.17, 15) is 9.18 Å². The van der Waals surface area contributed by atoms with Crippen LogP contribution in [0.15, 0.2) is 24.3 Å². The van der Waals surface area contributed by atoms with Crippen molar-refractivity contribution in [2.75, 3.05) is 11.9 Å². The summed E-state index contributed by atoms with van der Waals surface area (Å²) >= 11 is 0. The average molecular weight is 353 g/mol. The minimum Gasteiger partial charge on any atom is -0.326 e. The fourth-order valence-electron chi connectivity index (χ4n) is 3.00. The molecular weight excluding hydrogens is 331 g/mol. The smallest absolute Gasteiger partial charge is 0.225 e. The molecule has 1 unspecified atom stereocenters. The second kappa shape index (κ2) is 7.77. The van der Waals surface area contributed by atoms with E-state index in [2.05, 4.69) is 15.7 Å². The Morgan fingerprint density at radius 1 is 1.42 bits per heavy atom. The van der Waals surface area contributed by atoms with Crippen molar-refractivity contribution >= 4 is 24.0 Å². The van der Waals surface area contributed by atoms with E-state index in [1.165, 1.54) is 6.07 Å². The third kappa shape index (κ3) is 4.13. The van der Waals surface area contributed by atoms with Gasteiger partial charge in [0.1, 0.15) is 5.69 Å². The largest absolute Gasteiger partial charge is 0.326 e. The van der Waals surface area contributed by atoms with Gasteiger partial charge in [-0.25, -0.2) is 9.07 Å². The number of anilines is 1. The Balaban J connectivity index is 0.00000208. The molecule has 2 N–H and O–H groups in total. The Labute approximate surface area is 147 Å². The van der Waals surface area contributed by atoms with E-state index < -0.39 is 5.82 Å². The zero-order chi connectivity index (χ0) is 16.4. The highest BCUT2D eigenvalue weighted by Crippen LogP contribution is 2.20. The Hall–Kier alpha value is -1.92. The first-order valence-electron chi connectivity index (χ1n) is 7.89. The molecule has 2 aromatic rings. The Morgan fingerprint density at radius 3 is 2.79 bits per heavy atom. The molecule has 1 saturated heterocycles. The van der Waals surface area contributed by atoms with Gasteiger partial charge in [0.25, 0.3) is 0 Å². The number of nitrogens with one attached hydrogen (secondary N) is 2. The number of aromatic nitrogens is 2. The molecule has 3 rings (SSSR count). The van der Waals surface area contributed by atoms with Crippen LogP contribution in [-0.2, 0) is 4.79 Å². The maximum Gasteiger partial charge on any atom is 0.225 e. The van der Waals surface area contributed by atoms with Gasteiger partial charge in [-0.1, -0.05) is 0 Å². The molecule has 0 saturated carbocycles. The molecule has 0 bridgehead atoms. The second-order valence-electron chi connectivity index (χ2n) is 6.05. The van der Waals surface area contributed by atoms with Gasteiger partial charge in [0.15, 0.2) is 5.82 Å². The van der Waals surface area contributed by atoms with E-state index in [0.717, 1.165) is 30.8 Å². The van der Waals surface area contributed by atoms with E-state index >= 15 is 0 Å². The number of nitrogens with zero attached hydrogens (tertiary/aromatic N) is 2. The highest BCUT2D eigenvalue weighted by atomic mass is 35.5. The van der Waals surface area contributed by atoms with Crippen LogP contribution < -0.4 is 10.6 Å². The van der Waals surface area contributed by atoms with Crippen LogP contribution in [0.1, 0.15) is 30.7 Å². The van der Waals surface area contributed by atoms with Crippen LogP contribution >= 0.6 is 12.4 Å². The van der Waals surface area contributed by atoms with Gasteiger partial charge in [0.05, 0.1) is 5.69 Å². The molecule has 1 aliphatic heterocycles.